The van der Waals surface area contributed by atoms with Crippen molar-refractivity contribution in [1.82, 2.24) is 0 Å². The molecule has 3 nitrogen and oxygen atoms in total. The number of benzene rings is 2. The zero-order valence-corrected chi connectivity index (χ0v) is 15.5. The van der Waals surface area contributed by atoms with Crippen LogP contribution < -0.4 is 9.47 Å². The highest BCUT2D eigenvalue weighted by atomic mass is 79.9. The van der Waals surface area contributed by atoms with E-state index in [0.29, 0.717) is 18.1 Å². The minimum atomic E-state index is 0.190. The molecule has 0 aliphatic carbocycles. The largest absolute Gasteiger partial charge is 0.490 e. The molecule has 0 bridgehead atoms. The van der Waals surface area contributed by atoms with E-state index in [9.17, 15) is 0 Å². The van der Waals surface area contributed by atoms with Gasteiger partial charge in [0.05, 0.1) is 16.8 Å². The van der Waals surface area contributed by atoms with E-state index in [1.807, 2.05) is 31.2 Å². The summed E-state index contributed by atoms with van der Waals surface area (Å²) < 4.78 is 12.0. The third-order valence-electron chi connectivity index (χ3n) is 3.34. The van der Waals surface area contributed by atoms with Crippen LogP contribution in [-0.2, 0) is 6.42 Å². The summed E-state index contributed by atoms with van der Waals surface area (Å²) in [5.41, 5.74) is 3.12. The van der Waals surface area contributed by atoms with Crippen LogP contribution in [0, 0.1) is 12.3 Å². The summed E-state index contributed by atoms with van der Waals surface area (Å²) in [5, 5.41) is 0. The van der Waals surface area contributed by atoms with Crippen molar-refractivity contribution in [1.29, 1.82) is 0 Å². The number of ether oxygens (including phenoxy) is 2. The lowest BCUT2D eigenvalue weighted by atomic mass is 10.1. The normalized spacial score (nSPS) is 10.6. The van der Waals surface area contributed by atoms with Gasteiger partial charge in [-0.15, -0.1) is 6.42 Å². The van der Waals surface area contributed by atoms with E-state index in [0.717, 1.165) is 22.1 Å². The highest BCUT2D eigenvalue weighted by Gasteiger charge is 2.11. The van der Waals surface area contributed by atoms with Gasteiger partial charge in [-0.05, 0) is 64.7 Å². The number of rotatable bonds is 7. The van der Waals surface area contributed by atoms with Crippen molar-refractivity contribution in [2.45, 2.75) is 20.3 Å². The Morgan fingerprint density at radius 3 is 2.54 bits per heavy atom. The van der Waals surface area contributed by atoms with Gasteiger partial charge >= 0.3 is 0 Å². The Morgan fingerprint density at radius 1 is 1.17 bits per heavy atom. The SMILES string of the molecule is C#CCOc1c(Br)cc(C=Nc2ccc(CC)cc2)cc1OCC. The minimum Gasteiger partial charge on any atom is -0.490 e. The van der Waals surface area contributed by atoms with Gasteiger partial charge in [-0.3, -0.25) is 4.99 Å². The van der Waals surface area contributed by atoms with Crippen LogP contribution in [0.5, 0.6) is 11.5 Å². The van der Waals surface area contributed by atoms with Gasteiger partial charge in [0.2, 0.25) is 0 Å². The van der Waals surface area contributed by atoms with Gasteiger partial charge in [0.1, 0.15) is 6.61 Å². The van der Waals surface area contributed by atoms with Crippen molar-refractivity contribution in [2.24, 2.45) is 4.99 Å². The Bertz CT molecular complexity index is 745. The summed E-state index contributed by atoms with van der Waals surface area (Å²) in [6.45, 7) is 4.79. The fourth-order valence-electron chi connectivity index (χ4n) is 2.15. The van der Waals surface area contributed by atoms with Gasteiger partial charge in [-0.25, -0.2) is 0 Å². The van der Waals surface area contributed by atoms with Crippen LogP contribution in [-0.4, -0.2) is 19.4 Å². The second-order valence-corrected chi connectivity index (χ2v) is 5.89. The Balaban J connectivity index is 2.26. The van der Waals surface area contributed by atoms with Gasteiger partial charge in [-0.2, -0.15) is 0 Å². The molecule has 124 valence electrons. The summed E-state index contributed by atoms with van der Waals surface area (Å²) in [6.07, 6.45) is 8.09. The molecule has 0 saturated carbocycles. The monoisotopic (exact) mass is 385 g/mol. The molecule has 0 radical (unpaired) electrons. The quantitative estimate of drug-likeness (QED) is 0.485. The topological polar surface area (TPSA) is 30.8 Å². The molecule has 0 aliphatic rings. The Labute approximate surface area is 151 Å². The molecule has 0 amide bonds. The third-order valence-corrected chi connectivity index (χ3v) is 3.93. The first-order valence-electron chi connectivity index (χ1n) is 7.83. The Kier molecular flexibility index (Phi) is 6.89. The summed E-state index contributed by atoms with van der Waals surface area (Å²) >= 11 is 3.51. The molecule has 0 N–H and O–H groups in total. The second kappa shape index (κ2) is 9.14. The van der Waals surface area contributed by atoms with E-state index in [1.54, 1.807) is 6.21 Å². The lowest BCUT2D eigenvalue weighted by Gasteiger charge is -2.13. The fraction of sp³-hybridized carbons (Fsp3) is 0.250. The van der Waals surface area contributed by atoms with Gasteiger partial charge in [-0.1, -0.05) is 25.0 Å². The van der Waals surface area contributed by atoms with Crippen molar-refractivity contribution >= 4 is 27.8 Å². The standard InChI is InChI=1S/C20H20BrNO2/c1-4-11-24-20-18(21)12-16(13-19(20)23-6-3)14-22-17-9-7-15(5-2)8-10-17/h1,7-10,12-14H,5-6,11H2,2-3H3. The number of aliphatic imine (C=N–C) groups is 1. The highest BCUT2D eigenvalue weighted by molar-refractivity contribution is 9.10. The molecule has 24 heavy (non-hydrogen) atoms. The highest BCUT2D eigenvalue weighted by Crippen LogP contribution is 2.36. The number of nitrogens with zero attached hydrogens (tertiary/aromatic N) is 1. The number of hydrogen-bond acceptors (Lipinski definition) is 3. The number of aryl methyl sites for hydroxylation is 1. The minimum absolute atomic E-state index is 0.190. The van der Waals surface area contributed by atoms with Crippen molar-refractivity contribution in [3.8, 4) is 23.8 Å². The van der Waals surface area contributed by atoms with Gasteiger partial charge in [0.15, 0.2) is 11.5 Å². The predicted octanol–water partition coefficient (Wildman–Crippen LogP) is 5.17. The van der Waals surface area contributed by atoms with E-state index in [-0.39, 0.29) is 6.61 Å². The molecule has 0 aromatic heterocycles. The molecule has 0 aliphatic heterocycles. The number of terminal acetylenes is 1. The second-order valence-electron chi connectivity index (χ2n) is 5.03. The zero-order valence-electron chi connectivity index (χ0n) is 13.9. The summed E-state index contributed by atoms with van der Waals surface area (Å²) in [5.74, 6) is 3.71. The molecule has 2 aromatic rings. The number of hydrogen-bond donors (Lipinski definition) is 0. The van der Waals surface area contributed by atoms with Crippen molar-refractivity contribution in [3.05, 3.63) is 52.0 Å². The van der Waals surface area contributed by atoms with Crippen LogP contribution in [0.4, 0.5) is 5.69 Å². The van der Waals surface area contributed by atoms with Crippen molar-refractivity contribution in [3.63, 3.8) is 0 Å². The molecule has 0 fully saturated rings. The molecule has 4 heteroatoms. The van der Waals surface area contributed by atoms with E-state index in [2.05, 4.69) is 45.9 Å². The van der Waals surface area contributed by atoms with Crippen LogP contribution >= 0.6 is 15.9 Å². The third kappa shape index (κ3) is 4.87. The maximum absolute atomic E-state index is 5.65. The first-order chi connectivity index (χ1) is 11.7. The van der Waals surface area contributed by atoms with E-state index in [4.69, 9.17) is 15.9 Å². The molecule has 0 atom stereocenters. The summed E-state index contributed by atoms with van der Waals surface area (Å²) in [4.78, 5) is 4.51. The summed E-state index contributed by atoms with van der Waals surface area (Å²) in [7, 11) is 0. The van der Waals surface area contributed by atoms with Gasteiger partial charge in [0.25, 0.3) is 0 Å². The zero-order chi connectivity index (χ0) is 17.4. The van der Waals surface area contributed by atoms with Gasteiger partial charge in [0, 0.05) is 6.21 Å². The van der Waals surface area contributed by atoms with Crippen LogP contribution in [0.25, 0.3) is 0 Å². The van der Waals surface area contributed by atoms with E-state index in [1.165, 1.54) is 5.56 Å². The molecule has 2 aromatic carbocycles. The molecule has 0 unspecified atom stereocenters. The lowest BCUT2D eigenvalue weighted by molar-refractivity contribution is 0.298. The average molecular weight is 386 g/mol. The first-order valence-corrected chi connectivity index (χ1v) is 8.62. The predicted molar refractivity (Wildman–Crippen MR) is 103 cm³/mol. The molecule has 0 heterocycles. The van der Waals surface area contributed by atoms with E-state index >= 15 is 0 Å². The lowest BCUT2D eigenvalue weighted by Crippen LogP contribution is -2.01. The molecule has 0 saturated heterocycles. The molecule has 2 rings (SSSR count). The summed E-state index contributed by atoms with van der Waals surface area (Å²) in [6, 6.07) is 12.0. The van der Waals surface area contributed by atoms with Crippen molar-refractivity contribution in [2.75, 3.05) is 13.2 Å². The first kappa shape index (κ1) is 18.1. The molecular weight excluding hydrogens is 366 g/mol. The fourth-order valence-corrected chi connectivity index (χ4v) is 2.72. The molecular formula is C20H20BrNO2. The maximum Gasteiger partial charge on any atom is 0.176 e. The Morgan fingerprint density at radius 2 is 1.92 bits per heavy atom. The van der Waals surface area contributed by atoms with Crippen molar-refractivity contribution < 1.29 is 9.47 Å². The maximum atomic E-state index is 5.65. The van der Waals surface area contributed by atoms with Crippen LogP contribution in [0.15, 0.2) is 45.9 Å². The number of halogens is 1. The van der Waals surface area contributed by atoms with Gasteiger partial charge < -0.3 is 9.47 Å². The van der Waals surface area contributed by atoms with Crippen LogP contribution in [0.2, 0.25) is 0 Å². The molecule has 0 spiro atoms. The van der Waals surface area contributed by atoms with Crippen LogP contribution in [0.3, 0.4) is 0 Å². The smallest absolute Gasteiger partial charge is 0.176 e. The Hall–Kier alpha value is -2.25. The van der Waals surface area contributed by atoms with E-state index < -0.39 is 0 Å². The van der Waals surface area contributed by atoms with Crippen LogP contribution in [0.1, 0.15) is 25.0 Å². The average Bonchev–Trinajstić information content (AvgIpc) is 2.60.